The Bertz CT molecular complexity index is 597. The molecular formula is C15H12F3NO2. The average molecular weight is 295 g/mol. The van der Waals surface area contributed by atoms with Crippen molar-refractivity contribution >= 4 is 6.21 Å². The second kappa shape index (κ2) is 6.78. The monoisotopic (exact) mass is 295 g/mol. The van der Waals surface area contributed by atoms with E-state index in [1.165, 1.54) is 24.4 Å². The number of ether oxygens (including phenoxy) is 1. The summed E-state index contributed by atoms with van der Waals surface area (Å²) in [5, 5.41) is 3.75. The van der Waals surface area contributed by atoms with Crippen LogP contribution in [0.3, 0.4) is 0 Å². The molecule has 3 nitrogen and oxygen atoms in total. The van der Waals surface area contributed by atoms with Crippen molar-refractivity contribution in [1.29, 1.82) is 0 Å². The molecule has 0 spiro atoms. The van der Waals surface area contributed by atoms with Gasteiger partial charge in [0.05, 0.1) is 6.21 Å². The van der Waals surface area contributed by atoms with Crippen molar-refractivity contribution in [3.8, 4) is 5.75 Å². The van der Waals surface area contributed by atoms with E-state index in [1.54, 1.807) is 6.07 Å². The highest BCUT2D eigenvalue weighted by Crippen LogP contribution is 2.23. The van der Waals surface area contributed by atoms with Crippen molar-refractivity contribution in [2.45, 2.75) is 13.0 Å². The molecule has 0 aliphatic carbocycles. The summed E-state index contributed by atoms with van der Waals surface area (Å²) in [5.41, 5.74) is 1.40. The molecule has 0 N–H and O–H groups in total. The number of rotatable bonds is 5. The second-order valence-corrected chi connectivity index (χ2v) is 4.11. The Balaban J connectivity index is 1.89. The number of hydrogen-bond donors (Lipinski definition) is 0. The molecule has 0 saturated carbocycles. The van der Waals surface area contributed by atoms with Gasteiger partial charge in [-0.3, -0.25) is 0 Å². The molecule has 6 heteroatoms. The minimum absolute atomic E-state index is 0.0540. The maximum Gasteiger partial charge on any atom is 0.573 e. The first kappa shape index (κ1) is 14.9. The Morgan fingerprint density at radius 3 is 2.48 bits per heavy atom. The summed E-state index contributed by atoms with van der Waals surface area (Å²) >= 11 is 0. The molecule has 0 saturated heterocycles. The normalized spacial score (nSPS) is 11.6. The van der Waals surface area contributed by atoms with Crippen LogP contribution < -0.4 is 4.74 Å². The largest absolute Gasteiger partial charge is 0.573 e. The predicted octanol–water partition coefficient (Wildman–Crippen LogP) is 4.14. The molecule has 2 aromatic carbocycles. The fourth-order valence-corrected chi connectivity index (χ4v) is 1.58. The molecule has 0 aliphatic heterocycles. The molecule has 0 bridgehead atoms. The van der Waals surface area contributed by atoms with Crippen LogP contribution in [0.2, 0.25) is 0 Å². The van der Waals surface area contributed by atoms with Crippen LogP contribution in [0.4, 0.5) is 13.2 Å². The Morgan fingerprint density at radius 1 is 1.00 bits per heavy atom. The van der Waals surface area contributed by atoms with Crippen LogP contribution in [-0.4, -0.2) is 12.6 Å². The zero-order valence-corrected chi connectivity index (χ0v) is 10.9. The van der Waals surface area contributed by atoms with Gasteiger partial charge in [-0.2, -0.15) is 0 Å². The highest BCUT2D eigenvalue weighted by Gasteiger charge is 2.31. The minimum Gasteiger partial charge on any atom is -0.406 e. The zero-order chi connectivity index (χ0) is 15.1. The van der Waals surface area contributed by atoms with Crippen molar-refractivity contribution in [3.05, 3.63) is 65.7 Å². The van der Waals surface area contributed by atoms with Gasteiger partial charge in [0.15, 0.2) is 0 Å². The number of hydrogen-bond acceptors (Lipinski definition) is 3. The molecule has 0 unspecified atom stereocenters. The van der Waals surface area contributed by atoms with Gasteiger partial charge in [0.2, 0.25) is 0 Å². The third-order valence-electron chi connectivity index (χ3n) is 2.44. The van der Waals surface area contributed by atoms with Gasteiger partial charge in [-0.25, -0.2) is 0 Å². The molecule has 2 aromatic rings. The van der Waals surface area contributed by atoms with E-state index in [-0.39, 0.29) is 12.4 Å². The minimum atomic E-state index is -4.70. The smallest absolute Gasteiger partial charge is 0.406 e. The molecule has 0 amide bonds. The lowest BCUT2D eigenvalue weighted by Crippen LogP contribution is -2.17. The fraction of sp³-hybridized carbons (Fsp3) is 0.133. The third-order valence-corrected chi connectivity index (χ3v) is 2.44. The summed E-state index contributed by atoms with van der Waals surface area (Å²) in [7, 11) is 0. The van der Waals surface area contributed by atoms with E-state index in [1.807, 2.05) is 30.3 Å². The topological polar surface area (TPSA) is 30.8 Å². The van der Waals surface area contributed by atoms with Crippen LogP contribution in [-0.2, 0) is 11.4 Å². The van der Waals surface area contributed by atoms with E-state index in [0.29, 0.717) is 5.56 Å². The molecule has 0 atom stereocenters. The zero-order valence-electron chi connectivity index (χ0n) is 10.9. The Morgan fingerprint density at radius 2 is 1.76 bits per heavy atom. The van der Waals surface area contributed by atoms with Crippen LogP contribution >= 0.6 is 0 Å². The molecule has 0 heterocycles. The first-order chi connectivity index (χ1) is 10.0. The molecule has 110 valence electrons. The van der Waals surface area contributed by atoms with E-state index < -0.39 is 6.36 Å². The second-order valence-electron chi connectivity index (χ2n) is 4.11. The van der Waals surface area contributed by atoms with Crippen LogP contribution in [0.5, 0.6) is 5.75 Å². The lowest BCUT2D eigenvalue weighted by atomic mass is 10.2. The van der Waals surface area contributed by atoms with Crippen LogP contribution in [0.1, 0.15) is 11.1 Å². The Kier molecular flexibility index (Phi) is 4.81. The average Bonchev–Trinajstić information content (AvgIpc) is 2.43. The summed E-state index contributed by atoms with van der Waals surface area (Å²) in [5.74, 6) is -0.282. The van der Waals surface area contributed by atoms with Gasteiger partial charge in [-0.05, 0) is 23.3 Å². The van der Waals surface area contributed by atoms with Gasteiger partial charge in [0, 0.05) is 0 Å². The summed E-state index contributed by atoms with van der Waals surface area (Å²) in [6.45, 7) is 0.0540. The van der Waals surface area contributed by atoms with E-state index in [9.17, 15) is 13.2 Å². The van der Waals surface area contributed by atoms with Gasteiger partial charge in [-0.1, -0.05) is 47.6 Å². The van der Waals surface area contributed by atoms with Crippen molar-refractivity contribution in [2.75, 3.05) is 0 Å². The van der Waals surface area contributed by atoms with Crippen LogP contribution in [0.15, 0.2) is 59.8 Å². The Hall–Kier alpha value is -2.50. The number of halogens is 3. The highest BCUT2D eigenvalue weighted by atomic mass is 19.4. The lowest BCUT2D eigenvalue weighted by molar-refractivity contribution is -0.274. The number of oxime groups is 1. The van der Waals surface area contributed by atoms with E-state index in [2.05, 4.69) is 9.89 Å². The van der Waals surface area contributed by atoms with Crippen molar-refractivity contribution in [2.24, 2.45) is 5.16 Å². The van der Waals surface area contributed by atoms with Crippen LogP contribution in [0.25, 0.3) is 0 Å². The quantitative estimate of drug-likeness (QED) is 0.613. The van der Waals surface area contributed by atoms with E-state index in [0.717, 1.165) is 5.56 Å². The van der Waals surface area contributed by atoms with Gasteiger partial charge in [0.25, 0.3) is 0 Å². The van der Waals surface area contributed by atoms with E-state index in [4.69, 9.17) is 4.84 Å². The van der Waals surface area contributed by atoms with Gasteiger partial charge < -0.3 is 9.57 Å². The van der Waals surface area contributed by atoms with Crippen molar-refractivity contribution < 1.29 is 22.7 Å². The predicted molar refractivity (Wildman–Crippen MR) is 72.0 cm³/mol. The maximum absolute atomic E-state index is 12.1. The SMILES string of the molecule is FC(F)(F)Oc1cccc(CON=Cc2ccccc2)c1. The molecule has 0 aromatic heterocycles. The standard InChI is InChI=1S/C15H12F3NO2/c16-15(17,18)21-14-8-4-7-13(9-14)11-20-19-10-12-5-2-1-3-6-12/h1-10H,11H2. The first-order valence-electron chi connectivity index (χ1n) is 6.08. The molecular weight excluding hydrogens is 283 g/mol. The summed E-state index contributed by atoms with van der Waals surface area (Å²) < 4.78 is 40.1. The first-order valence-corrected chi connectivity index (χ1v) is 6.08. The summed E-state index contributed by atoms with van der Waals surface area (Å²) in [6, 6.07) is 14.9. The number of benzene rings is 2. The van der Waals surface area contributed by atoms with Crippen molar-refractivity contribution in [3.63, 3.8) is 0 Å². The Labute approximate surface area is 119 Å². The number of nitrogens with zero attached hydrogens (tertiary/aromatic N) is 1. The van der Waals surface area contributed by atoms with Gasteiger partial charge >= 0.3 is 6.36 Å². The van der Waals surface area contributed by atoms with E-state index >= 15 is 0 Å². The molecule has 2 rings (SSSR count). The van der Waals surface area contributed by atoms with Crippen molar-refractivity contribution in [1.82, 2.24) is 0 Å². The summed E-state index contributed by atoms with van der Waals surface area (Å²) in [6.07, 6.45) is -3.18. The molecule has 21 heavy (non-hydrogen) atoms. The molecule has 0 radical (unpaired) electrons. The number of alkyl halides is 3. The summed E-state index contributed by atoms with van der Waals surface area (Å²) in [4.78, 5) is 5.04. The third kappa shape index (κ3) is 5.56. The fourth-order valence-electron chi connectivity index (χ4n) is 1.58. The molecule has 0 fully saturated rings. The molecule has 0 aliphatic rings. The van der Waals surface area contributed by atoms with Crippen LogP contribution in [0, 0.1) is 0 Å². The van der Waals surface area contributed by atoms with Gasteiger partial charge in [0.1, 0.15) is 12.4 Å². The van der Waals surface area contributed by atoms with Gasteiger partial charge in [-0.15, -0.1) is 13.2 Å². The lowest BCUT2D eigenvalue weighted by Gasteiger charge is -2.09. The maximum atomic E-state index is 12.1. The highest BCUT2D eigenvalue weighted by molar-refractivity contribution is 5.78.